The van der Waals surface area contributed by atoms with Gasteiger partial charge in [0.2, 0.25) is 6.10 Å². The van der Waals surface area contributed by atoms with E-state index in [2.05, 4.69) is 39.5 Å². The zero-order valence-corrected chi connectivity index (χ0v) is 18.4. The van der Waals surface area contributed by atoms with Gasteiger partial charge in [0.15, 0.2) is 22.3 Å². The molecule has 0 saturated carbocycles. The molecule has 9 nitrogen and oxygen atoms in total. The first-order chi connectivity index (χ1) is 15.2. The van der Waals surface area contributed by atoms with Gasteiger partial charge in [0.1, 0.15) is 12.4 Å². The third kappa shape index (κ3) is 4.84. The van der Waals surface area contributed by atoms with Crippen LogP contribution in [0, 0.1) is 0 Å². The van der Waals surface area contributed by atoms with Gasteiger partial charge in [-0.1, -0.05) is 37.7 Å². The summed E-state index contributed by atoms with van der Waals surface area (Å²) in [6, 6.07) is 7.33. The quantitative estimate of drug-likeness (QED) is 0.385. The Balaban J connectivity index is 1.41. The number of carbonyl (C=O) groups excluding carboxylic acids is 1. The fraction of sp³-hybridized carbons (Fsp3) is 0.429. The molecule has 31 heavy (non-hydrogen) atoms. The summed E-state index contributed by atoms with van der Waals surface area (Å²) in [7, 11) is 0. The van der Waals surface area contributed by atoms with E-state index in [1.54, 1.807) is 28.7 Å². The van der Waals surface area contributed by atoms with Crippen LogP contribution in [0.25, 0.3) is 11.0 Å². The van der Waals surface area contributed by atoms with Crippen molar-refractivity contribution in [2.75, 3.05) is 30.8 Å². The molecule has 1 aromatic carbocycles. The van der Waals surface area contributed by atoms with Crippen molar-refractivity contribution < 1.29 is 14.3 Å². The standard InChI is InChI=1S/C21H26N6O3S/c1-3-9-22-18-14-12-24-27(19(14)26-21(25-18)31-4-2)11-10-23-20(28)17-13-29-15-7-5-6-8-16(15)30-17/h5-8,12,17H,3-4,9-11,13H2,1-2H3,(H,23,28)(H,22,25,26). The summed E-state index contributed by atoms with van der Waals surface area (Å²) in [5, 5.41) is 12.3. The van der Waals surface area contributed by atoms with Gasteiger partial charge in [-0.25, -0.2) is 14.6 Å². The Labute approximate surface area is 184 Å². The molecule has 164 valence electrons. The van der Waals surface area contributed by atoms with E-state index in [0.717, 1.165) is 35.6 Å². The molecule has 3 heterocycles. The van der Waals surface area contributed by atoms with Crippen molar-refractivity contribution in [2.45, 2.75) is 38.1 Å². The minimum absolute atomic E-state index is 0.185. The minimum Gasteiger partial charge on any atom is -0.485 e. The number of carbonyl (C=O) groups is 1. The molecular formula is C21H26N6O3S. The minimum atomic E-state index is -0.677. The smallest absolute Gasteiger partial charge is 0.264 e. The summed E-state index contributed by atoms with van der Waals surface area (Å²) >= 11 is 1.59. The number of anilines is 1. The Morgan fingerprint density at radius 3 is 2.87 bits per heavy atom. The monoisotopic (exact) mass is 442 g/mol. The van der Waals surface area contributed by atoms with E-state index in [9.17, 15) is 4.79 Å². The molecule has 10 heteroatoms. The Kier molecular flexibility index (Phi) is 6.76. The van der Waals surface area contributed by atoms with Crippen LogP contribution < -0.4 is 20.1 Å². The van der Waals surface area contributed by atoms with E-state index < -0.39 is 6.10 Å². The number of fused-ring (bicyclic) bond motifs is 2. The number of thioether (sulfide) groups is 1. The second kappa shape index (κ2) is 9.86. The maximum atomic E-state index is 12.5. The highest BCUT2D eigenvalue weighted by atomic mass is 32.2. The molecule has 0 radical (unpaired) electrons. The number of rotatable bonds is 9. The van der Waals surface area contributed by atoms with Crippen molar-refractivity contribution in [3.63, 3.8) is 0 Å². The summed E-state index contributed by atoms with van der Waals surface area (Å²) < 4.78 is 13.2. The van der Waals surface area contributed by atoms with Gasteiger partial charge in [-0.15, -0.1) is 0 Å². The van der Waals surface area contributed by atoms with Crippen molar-refractivity contribution in [1.82, 2.24) is 25.1 Å². The van der Waals surface area contributed by atoms with Crippen LogP contribution in [0.3, 0.4) is 0 Å². The predicted molar refractivity (Wildman–Crippen MR) is 120 cm³/mol. The first kappa shape index (κ1) is 21.2. The lowest BCUT2D eigenvalue weighted by Crippen LogP contribution is -2.44. The van der Waals surface area contributed by atoms with Crippen molar-refractivity contribution in [2.24, 2.45) is 0 Å². The largest absolute Gasteiger partial charge is 0.485 e. The number of aromatic nitrogens is 4. The van der Waals surface area contributed by atoms with Crippen LogP contribution in [0.1, 0.15) is 20.3 Å². The average molecular weight is 443 g/mol. The summed E-state index contributed by atoms with van der Waals surface area (Å²) in [5.74, 6) is 2.70. The zero-order chi connectivity index (χ0) is 21.6. The molecule has 0 bridgehead atoms. The van der Waals surface area contributed by atoms with Crippen LogP contribution in [0.15, 0.2) is 35.6 Å². The molecule has 0 saturated heterocycles. The molecule has 0 spiro atoms. The molecule has 1 aliphatic heterocycles. The van der Waals surface area contributed by atoms with Gasteiger partial charge < -0.3 is 20.1 Å². The van der Waals surface area contributed by atoms with Gasteiger partial charge in [0.05, 0.1) is 18.1 Å². The maximum Gasteiger partial charge on any atom is 0.264 e. The molecule has 2 aromatic heterocycles. The number of amides is 1. The molecule has 2 N–H and O–H groups in total. The molecule has 3 aromatic rings. The molecule has 0 fully saturated rings. The van der Waals surface area contributed by atoms with Gasteiger partial charge in [-0.05, 0) is 24.3 Å². The summed E-state index contributed by atoms with van der Waals surface area (Å²) in [5.41, 5.74) is 0.755. The Morgan fingerprint density at radius 1 is 1.23 bits per heavy atom. The lowest BCUT2D eigenvalue weighted by atomic mass is 10.2. The third-order valence-electron chi connectivity index (χ3n) is 4.72. The highest BCUT2D eigenvalue weighted by Gasteiger charge is 2.27. The first-order valence-corrected chi connectivity index (χ1v) is 11.4. The van der Waals surface area contributed by atoms with E-state index in [1.807, 2.05) is 18.2 Å². The highest BCUT2D eigenvalue weighted by molar-refractivity contribution is 7.99. The van der Waals surface area contributed by atoms with Crippen LogP contribution in [-0.4, -0.2) is 57.2 Å². The number of nitrogens with zero attached hydrogens (tertiary/aromatic N) is 4. The van der Waals surface area contributed by atoms with Crippen LogP contribution >= 0.6 is 11.8 Å². The Morgan fingerprint density at radius 2 is 2.06 bits per heavy atom. The molecule has 4 rings (SSSR count). The molecule has 1 unspecified atom stereocenters. The molecule has 0 aliphatic carbocycles. The van der Waals surface area contributed by atoms with Crippen molar-refractivity contribution in [3.05, 3.63) is 30.5 Å². The topological polar surface area (TPSA) is 103 Å². The number of hydrogen-bond donors (Lipinski definition) is 2. The van der Waals surface area contributed by atoms with Gasteiger partial charge in [0.25, 0.3) is 5.91 Å². The van der Waals surface area contributed by atoms with Crippen molar-refractivity contribution in [1.29, 1.82) is 0 Å². The lowest BCUT2D eigenvalue weighted by Gasteiger charge is -2.25. The average Bonchev–Trinajstić information content (AvgIpc) is 3.20. The lowest BCUT2D eigenvalue weighted by molar-refractivity contribution is -0.130. The van der Waals surface area contributed by atoms with Gasteiger partial charge >= 0.3 is 0 Å². The summed E-state index contributed by atoms with van der Waals surface area (Å²) in [6.07, 6.45) is 2.09. The predicted octanol–water partition coefficient (Wildman–Crippen LogP) is 2.72. The number of benzene rings is 1. The zero-order valence-electron chi connectivity index (χ0n) is 17.6. The van der Waals surface area contributed by atoms with Gasteiger partial charge in [-0.3, -0.25) is 4.79 Å². The molecule has 1 atom stereocenters. The van der Waals surface area contributed by atoms with Crippen molar-refractivity contribution in [3.8, 4) is 11.5 Å². The first-order valence-electron chi connectivity index (χ1n) is 10.5. The summed E-state index contributed by atoms with van der Waals surface area (Å²) in [4.78, 5) is 21.8. The molecular weight excluding hydrogens is 416 g/mol. The van der Waals surface area contributed by atoms with Gasteiger partial charge in [0, 0.05) is 13.1 Å². The molecule has 1 amide bonds. The van der Waals surface area contributed by atoms with Crippen LogP contribution in [-0.2, 0) is 11.3 Å². The maximum absolute atomic E-state index is 12.5. The number of para-hydroxylation sites is 2. The fourth-order valence-electron chi connectivity index (χ4n) is 3.22. The van der Waals surface area contributed by atoms with E-state index in [0.29, 0.717) is 29.7 Å². The SMILES string of the molecule is CCCNc1nc(SCC)nc2c1cnn2CCNC(=O)C1COc2ccccc2O1. The normalized spacial score (nSPS) is 15.1. The van der Waals surface area contributed by atoms with Crippen molar-refractivity contribution >= 4 is 34.5 Å². The van der Waals surface area contributed by atoms with Crippen LogP contribution in [0.5, 0.6) is 11.5 Å². The fourth-order valence-corrected chi connectivity index (χ4v) is 3.78. The number of nitrogens with one attached hydrogen (secondary N) is 2. The van der Waals surface area contributed by atoms with E-state index in [4.69, 9.17) is 9.47 Å². The van der Waals surface area contributed by atoms with Gasteiger partial charge in [-0.2, -0.15) is 5.10 Å². The highest BCUT2D eigenvalue weighted by Crippen LogP contribution is 2.30. The third-order valence-corrected chi connectivity index (χ3v) is 5.44. The number of ether oxygens (including phenoxy) is 2. The Bertz CT molecular complexity index is 1060. The van der Waals surface area contributed by atoms with E-state index in [-0.39, 0.29) is 12.5 Å². The summed E-state index contributed by atoms with van der Waals surface area (Å²) in [6.45, 7) is 6.08. The second-order valence-corrected chi connectivity index (χ2v) is 8.21. The number of hydrogen-bond acceptors (Lipinski definition) is 8. The van der Waals surface area contributed by atoms with Crippen LogP contribution in [0.2, 0.25) is 0 Å². The Hall–Kier alpha value is -3.01. The van der Waals surface area contributed by atoms with Crippen LogP contribution in [0.4, 0.5) is 5.82 Å². The van der Waals surface area contributed by atoms with E-state index in [1.165, 1.54) is 0 Å². The van der Waals surface area contributed by atoms with E-state index >= 15 is 0 Å². The second-order valence-electron chi connectivity index (χ2n) is 6.97. The molecule has 1 aliphatic rings.